The third-order valence-corrected chi connectivity index (χ3v) is 5.02. The molecule has 3 aromatic rings. The van der Waals surface area contributed by atoms with Crippen LogP contribution in [0, 0.1) is 6.92 Å². The van der Waals surface area contributed by atoms with E-state index < -0.39 is 0 Å². The van der Waals surface area contributed by atoms with Gasteiger partial charge in [-0.2, -0.15) is 0 Å². The number of aromatic nitrogens is 2. The molecule has 4 rings (SSSR count). The SMILES string of the molecule is C=CC(=O)N1CCOc2c1ccc1ncnc(NCc3cc(Cl)ccc3C)c21. The minimum absolute atomic E-state index is 0.162. The molecule has 1 aliphatic heterocycles. The van der Waals surface area contributed by atoms with Crippen molar-refractivity contribution in [2.75, 3.05) is 23.4 Å². The summed E-state index contributed by atoms with van der Waals surface area (Å²) < 4.78 is 5.93. The van der Waals surface area contributed by atoms with Gasteiger partial charge in [0.05, 0.1) is 23.1 Å². The third-order valence-electron chi connectivity index (χ3n) is 4.79. The maximum atomic E-state index is 12.2. The number of carbonyl (C=O) groups is 1. The highest BCUT2D eigenvalue weighted by Gasteiger charge is 2.25. The summed E-state index contributed by atoms with van der Waals surface area (Å²) >= 11 is 6.13. The first-order valence-corrected chi connectivity index (χ1v) is 9.29. The van der Waals surface area contributed by atoms with Crippen molar-refractivity contribution in [1.29, 1.82) is 0 Å². The topological polar surface area (TPSA) is 67.4 Å². The number of rotatable bonds is 4. The zero-order valence-electron chi connectivity index (χ0n) is 15.4. The smallest absolute Gasteiger partial charge is 0.250 e. The van der Waals surface area contributed by atoms with Gasteiger partial charge in [0.2, 0.25) is 0 Å². The highest BCUT2D eigenvalue weighted by Crippen LogP contribution is 2.40. The van der Waals surface area contributed by atoms with E-state index in [0.717, 1.165) is 22.0 Å². The molecule has 7 heteroatoms. The number of halogens is 1. The van der Waals surface area contributed by atoms with Crippen LogP contribution in [0.3, 0.4) is 0 Å². The predicted molar refractivity (Wildman–Crippen MR) is 111 cm³/mol. The summed E-state index contributed by atoms with van der Waals surface area (Å²) in [7, 11) is 0. The summed E-state index contributed by atoms with van der Waals surface area (Å²) in [6, 6.07) is 9.50. The number of benzene rings is 2. The molecule has 0 spiro atoms. The van der Waals surface area contributed by atoms with Crippen LogP contribution < -0.4 is 15.0 Å². The molecular weight excluding hydrogens is 376 g/mol. The van der Waals surface area contributed by atoms with Crippen LogP contribution in [0.4, 0.5) is 11.5 Å². The van der Waals surface area contributed by atoms with Crippen molar-refractivity contribution in [2.24, 2.45) is 0 Å². The van der Waals surface area contributed by atoms with Crippen LogP contribution in [0.2, 0.25) is 5.02 Å². The summed E-state index contributed by atoms with van der Waals surface area (Å²) in [5, 5.41) is 4.81. The van der Waals surface area contributed by atoms with Crippen molar-refractivity contribution in [3.8, 4) is 5.75 Å². The monoisotopic (exact) mass is 394 g/mol. The van der Waals surface area contributed by atoms with E-state index in [1.807, 2.05) is 37.3 Å². The van der Waals surface area contributed by atoms with Crippen molar-refractivity contribution in [3.63, 3.8) is 0 Å². The molecule has 0 aliphatic carbocycles. The van der Waals surface area contributed by atoms with Crippen LogP contribution in [0.1, 0.15) is 11.1 Å². The molecule has 28 heavy (non-hydrogen) atoms. The van der Waals surface area contributed by atoms with Crippen molar-refractivity contribution < 1.29 is 9.53 Å². The second-order valence-corrected chi connectivity index (χ2v) is 6.93. The maximum absolute atomic E-state index is 12.2. The van der Waals surface area contributed by atoms with Gasteiger partial charge in [0.25, 0.3) is 5.91 Å². The predicted octanol–water partition coefficient (Wildman–Crippen LogP) is 4.12. The molecule has 1 amide bonds. The lowest BCUT2D eigenvalue weighted by molar-refractivity contribution is -0.114. The quantitative estimate of drug-likeness (QED) is 0.674. The van der Waals surface area contributed by atoms with E-state index in [0.29, 0.717) is 42.0 Å². The zero-order valence-corrected chi connectivity index (χ0v) is 16.2. The van der Waals surface area contributed by atoms with E-state index >= 15 is 0 Å². The van der Waals surface area contributed by atoms with Crippen molar-refractivity contribution in [2.45, 2.75) is 13.5 Å². The minimum atomic E-state index is -0.162. The lowest BCUT2D eigenvalue weighted by atomic mass is 10.1. The largest absolute Gasteiger partial charge is 0.489 e. The van der Waals surface area contributed by atoms with E-state index in [1.54, 1.807) is 4.90 Å². The maximum Gasteiger partial charge on any atom is 0.250 e. The molecule has 0 saturated carbocycles. The summed E-state index contributed by atoms with van der Waals surface area (Å²) in [5.74, 6) is 1.09. The Hall–Kier alpha value is -3.12. The van der Waals surface area contributed by atoms with Gasteiger partial charge in [-0.25, -0.2) is 9.97 Å². The van der Waals surface area contributed by atoms with Crippen LogP contribution >= 0.6 is 11.6 Å². The first kappa shape index (κ1) is 18.3. The number of ether oxygens (including phenoxy) is 1. The van der Waals surface area contributed by atoms with Crippen LogP contribution in [-0.2, 0) is 11.3 Å². The number of aryl methyl sites for hydroxylation is 1. The molecule has 1 N–H and O–H groups in total. The summed E-state index contributed by atoms with van der Waals surface area (Å²) in [4.78, 5) is 22.6. The fraction of sp³-hybridized carbons (Fsp3) is 0.190. The van der Waals surface area contributed by atoms with Gasteiger partial charge in [0.1, 0.15) is 18.8 Å². The first-order chi connectivity index (χ1) is 13.6. The Morgan fingerprint density at radius 3 is 3.04 bits per heavy atom. The normalized spacial score (nSPS) is 13.0. The van der Waals surface area contributed by atoms with E-state index in [-0.39, 0.29) is 5.91 Å². The molecule has 1 aromatic heterocycles. The van der Waals surface area contributed by atoms with E-state index in [1.165, 1.54) is 12.4 Å². The highest BCUT2D eigenvalue weighted by molar-refractivity contribution is 6.30. The Kier molecular flexibility index (Phi) is 4.88. The molecule has 0 saturated heterocycles. The molecule has 0 atom stereocenters. The number of hydrogen-bond acceptors (Lipinski definition) is 5. The number of nitrogens with zero attached hydrogens (tertiary/aromatic N) is 3. The second kappa shape index (κ2) is 7.48. The summed E-state index contributed by atoms with van der Waals surface area (Å²) in [5.41, 5.74) is 3.65. The standard InChI is InChI=1S/C21H19ClN4O2/c1-3-18(27)26-8-9-28-20-17(26)7-6-16-19(20)21(25-12-24-16)23-11-14-10-15(22)5-4-13(14)2/h3-7,10,12H,1,8-9,11H2,2H3,(H,23,24,25). The number of hydrogen-bond donors (Lipinski definition) is 1. The van der Waals surface area contributed by atoms with Crippen molar-refractivity contribution in [1.82, 2.24) is 9.97 Å². The number of fused-ring (bicyclic) bond motifs is 3. The van der Waals surface area contributed by atoms with E-state index in [9.17, 15) is 4.79 Å². The Morgan fingerprint density at radius 2 is 2.21 bits per heavy atom. The molecule has 142 valence electrons. The Balaban J connectivity index is 1.76. The number of anilines is 2. The Labute approximate surface area is 167 Å². The zero-order chi connectivity index (χ0) is 19.7. The first-order valence-electron chi connectivity index (χ1n) is 8.92. The molecule has 6 nitrogen and oxygen atoms in total. The molecule has 0 fully saturated rings. The Bertz CT molecular complexity index is 1080. The van der Waals surface area contributed by atoms with Gasteiger partial charge >= 0.3 is 0 Å². The lowest BCUT2D eigenvalue weighted by Crippen LogP contribution is -2.36. The fourth-order valence-electron chi connectivity index (χ4n) is 3.31. The molecule has 1 aliphatic rings. The van der Waals surface area contributed by atoms with Crippen LogP contribution in [0.5, 0.6) is 5.75 Å². The molecule has 0 unspecified atom stereocenters. The van der Waals surface area contributed by atoms with Crippen molar-refractivity contribution in [3.05, 3.63) is 65.5 Å². The number of nitrogens with one attached hydrogen (secondary N) is 1. The van der Waals surface area contributed by atoms with Crippen LogP contribution in [0.15, 0.2) is 49.3 Å². The molecule has 2 aromatic carbocycles. The highest BCUT2D eigenvalue weighted by atomic mass is 35.5. The van der Waals surface area contributed by atoms with E-state index in [2.05, 4.69) is 21.9 Å². The summed E-state index contributed by atoms with van der Waals surface area (Å²) in [6.45, 7) is 7.05. The van der Waals surface area contributed by atoms with Gasteiger partial charge in [-0.1, -0.05) is 24.2 Å². The van der Waals surface area contributed by atoms with Crippen LogP contribution in [-0.4, -0.2) is 29.0 Å². The number of carbonyl (C=O) groups excluding carboxylic acids is 1. The lowest BCUT2D eigenvalue weighted by Gasteiger charge is -2.29. The van der Waals surface area contributed by atoms with Gasteiger partial charge in [-0.3, -0.25) is 4.79 Å². The minimum Gasteiger partial charge on any atom is -0.489 e. The summed E-state index contributed by atoms with van der Waals surface area (Å²) in [6.07, 6.45) is 2.82. The molecule has 0 bridgehead atoms. The van der Waals surface area contributed by atoms with Gasteiger partial charge in [-0.05, 0) is 48.4 Å². The fourth-order valence-corrected chi connectivity index (χ4v) is 3.51. The van der Waals surface area contributed by atoms with E-state index in [4.69, 9.17) is 16.3 Å². The van der Waals surface area contributed by atoms with Gasteiger partial charge in [0.15, 0.2) is 5.75 Å². The second-order valence-electron chi connectivity index (χ2n) is 6.50. The van der Waals surface area contributed by atoms with Gasteiger partial charge in [-0.15, -0.1) is 0 Å². The van der Waals surface area contributed by atoms with Crippen molar-refractivity contribution >= 4 is 39.9 Å². The van der Waals surface area contributed by atoms with Crippen LogP contribution in [0.25, 0.3) is 10.9 Å². The third kappa shape index (κ3) is 3.27. The molecular formula is C21H19ClN4O2. The Morgan fingerprint density at radius 1 is 1.36 bits per heavy atom. The molecule has 2 heterocycles. The van der Waals surface area contributed by atoms with Gasteiger partial charge < -0.3 is 15.0 Å². The average molecular weight is 395 g/mol. The number of amides is 1. The molecule has 0 radical (unpaired) electrons. The van der Waals surface area contributed by atoms with Gasteiger partial charge in [0, 0.05) is 11.6 Å². The average Bonchev–Trinajstić information content (AvgIpc) is 2.73.